The maximum absolute atomic E-state index is 12.3. The maximum atomic E-state index is 12.3. The fourth-order valence-corrected chi connectivity index (χ4v) is 2.09. The number of aromatic nitrogens is 4. The lowest BCUT2D eigenvalue weighted by molar-refractivity contribution is 0.835. The fraction of sp³-hybridized carbons (Fsp3) is 0.0833. The molecule has 0 fully saturated rings. The van der Waals surface area contributed by atoms with Crippen LogP contribution in [0.4, 0.5) is 10.8 Å². The first-order valence-corrected chi connectivity index (χ1v) is 6.68. The molecule has 0 saturated heterocycles. The first-order valence-electron chi connectivity index (χ1n) is 5.80. The Balaban J connectivity index is 2.02. The van der Waals surface area contributed by atoms with E-state index in [1.807, 2.05) is 30.3 Å². The summed E-state index contributed by atoms with van der Waals surface area (Å²) >= 11 is 1.26. The third-order valence-electron chi connectivity index (χ3n) is 2.64. The molecule has 1 aromatic carbocycles. The van der Waals surface area contributed by atoms with Crippen LogP contribution in [0, 0.1) is 6.92 Å². The van der Waals surface area contributed by atoms with Gasteiger partial charge in [-0.15, -0.1) is 20.4 Å². The topological polar surface area (TPSA) is 88.3 Å². The number of aryl methyl sites for hydroxylation is 1. The molecular weight excluding hydrogens is 276 g/mol. The highest BCUT2D eigenvalue weighted by Crippen LogP contribution is 2.19. The molecule has 3 rings (SSSR count). The van der Waals surface area contributed by atoms with Gasteiger partial charge in [0.25, 0.3) is 10.7 Å². The first kappa shape index (κ1) is 12.4. The summed E-state index contributed by atoms with van der Waals surface area (Å²) in [5.41, 5.74) is 2.97. The predicted molar refractivity (Wildman–Crippen MR) is 75.2 cm³/mol. The van der Waals surface area contributed by atoms with Crippen LogP contribution in [0.15, 0.2) is 50.9 Å². The third kappa shape index (κ3) is 2.28. The van der Waals surface area contributed by atoms with E-state index in [-0.39, 0.29) is 11.2 Å². The lowest BCUT2D eigenvalue weighted by atomic mass is 10.3. The van der Waals surface area contributed by atoms with Gasteiger partial charge in [-0.25, -0.2) is 4.68 Å². The molecular formula is C12H10N6OS. The normalized spacial score (nSPS) is 11.2. The Kier molecular flexibility index (Phi) is 3.21. The summed E-state index contributed by atoms with van der Waals surface area (Å²) in [6.07, 6.45) is 0. The average molecular weight is 286 g/mol. The summed E-state index contributed by atoms with van der Waals surface area (Å²) in [7, 11) is 0. The second kappa shape index (κ2) is 5.17. The van der Waals surface area contributed by atoms with Gasteiger partial charge in [0.05, 0.1) is 11.4 Å². The second-order valence-corrected chi connectivity index (χ2v) is 4.79. The molecule has 0 saturated carbocycles. The Labute approximate surface area is 117 Å². The molecule has 0 spiro atoms. The van der Waals surface area contributed by atoms with Crippen molar-refractivity contribution in [3.63, 3.8) is 0 Å². The van der Waals surface area contributed by atoms with Gasteiger partial charge in [0.15, 0.2) is 5.69 Å². The van der Waals surface area contributed by atoms with Gasteiger partial charge in [-0.05, 0) is 19.1 Å². The van der Waals surface area contributed by atoms with E-state index in [0.29, 0.717) is 10.8 Å². The first-order chi connectivity index (χ1) is 9.75. The number of azo groups is 1. The van der Waals surface area contributed by atoms with Crippen molar-refractivity contribution in [2.24, 2.45) is 10.2 Å². The highest BCUT2D eigenvalue weighted by atomic mass is 32.1. The van der Waals surface area contributed by atoms with Crippen LogP contribution >= 0.6 is 11.3 Å². The maximum Gasteiger partial charge on any atom is 0.299 e. The van der Waals surface area contributed by atoms with Crippen molar-refractivity contribution in [1.82, 2.24) is 20.0 Å². The Hall–Kier alpha value is -2.61. The lowest BCUT2D eigenvalue weighted by Gasteiger charge is -1.99. The van der Waals surface area contributed by atoms with E-state index in [1.54, 1.807) is 12.4 Å². The van der Waals surface area contributed by atoms with Crippen molar-refractivity contribution in [3.8, 4) is 5.69 Å². The number of aromatic amines is 1. The van der Waals surface area contributed by atoms with Gasteiger partial charge in [-0.3, -0.25) is 9.89 Å². The van der Waals surface area contributed by atoms with Crippen molar-refractivity contribution in [2.75, 3.05) is 0 Å². The number of benzene rings is 1. The largest absolute Gasteiger partial charge is 0.299 e. The van der Waals surface area contributed by atoms with Crippen LogP contribution < -0.4 is 5.56 Å². The Morgan fingerprint density at radius 2 is 2.05 bits per heavy atom. The Morgan fingerprint density at radius 3 is 2.75 bits per heavy atom. The van der Waals surface area contributed by atoms with Crippen molar-refractivity contribution >= 4 is 22.2 Å². The quantitative estimate of drug-likeness (QED) is 0.751. The van der Waals surface area contributed by atoms with Gasteiger partial charge in [0, 0.05) is 0 Å². The number of hydrogen-bond donors (Lipinski definition) is 1. The molecule has 100 valence electrons. The highest BCUT2D eigenvalue weighted by Gasteiger charge is 2.11. The lowest BCUT2D eigenvalue weighted by Crippen LogP contribution is -2.13. The van der Waals surface area contributed by atoms with Crippen molar-refractivity contribution in [2.45, 2.75) is 6.92 Å². The highest BCUT2D eigenvalue weighted by molar-refractivity contribution is 7.13. The molecule has 2 aromatic heterocycles. The standard InChI is InChI=1S/C12H10N6OS/c1-8-10(14-16-12-15-13-7-20-12)11(19)18(17-8)9-5-3-2-4-6-9/h2-7,17H,1H3. The third-order valence-corrected chi connectivity index (χ3v) is 3.21. The van der Waals surface area contributed by atoms with Crippen molar-refractivity contribution < 1.29 is 0 Å². The van der Waals surface area contributed by atoms with Crippen molar-refractivity contribution in [3.05, 3.63) is 51.9 Å². The summed E-state index contributed by atoms with van der Waals surface area (Å²) < 4.78 is 1.43. The minimum absolute atomic E-state index is 0.248. The minimum atomic E-state index is -0.248. The van der Waals surface area contributed by atoms with Gasteiger partial charge in [-0.1, -0.05) is 29.5 Å². The van der Waals surface area contributed by atoms with Crippen molar-refractivity contribution in [1.29, 1.82) is 0 Å². The molecule has 0 radical (unpaired) electrons. The summed E-state index contributed by atoms with van der Waals surface area (Å²) in [5, 5.41) is 18.7. The Bertz CT molecular complexity index is 787. The van der Waals surface area contributed by atoms with Crippen LogP contribution in [0.3, 0.4) is 0 Å². The molecule has 0 aliphatic carbocycles. The number of H-pyrrole nitrogens is 1. The zero-order valence-electron chi connectivity index (χ0n) is 10.5. The molecule has 0 aliphatic rings. The smallest absolute Gasteiger partial charge is 0.293 e. The van der Waals surface area contributed by atoms with Crippen LogP contribution in [-0.2, 0) is 0 Å². The fourth-order valence-electron chi connectivity index (χ4n) is 1.72. The van der Waals surface area contributed by atoms with Gasteiger partial charge < -0.3 is 0 Å². The summed E-state index contributed by atoms with van der Waals surface area (Å²) in [6, 6.07) is 9.28. The molecule has 0 unspecified atom stereocenters. The zero-order chi connectivity index (χ0) is 13.9. The SMILES string of the molecule is Cc1[nH]n(-c2ccccc2)c(=O)c1N=Nc1nncs1. The van der Waals surface area contributed by atoms with E-state index in [4.69, 9.17) is 0 Å². The van der Waals surface area contributed by atoms with Crippen LogP contribution in [0.25, 0.3) is 5.69 Å². The van der Waals surface area contributed by atoms with E-state index >= 15 is 0 Å². The molecule has 20 heavy (non-hydrogen) atoms. The second-order valence-electron chi connectivity index (χ2n) is 3.98. The van der Waals surface area contributed by atoms with Crippen LogP contribution in [0.1, 0.15) is 5.69 Å². The zero-order valence-corrected chi connectivity index (χ0v) is 11.3. The van der Waals surface area contributed by atoms with Gasteiger partial charge in [-0.2, -0.15) is 0 Å². The molecule has 1 N–H and O–H groups in total. The number of nitrogens with zero attached hydrogens (tertiary/aromatic N) is 5. The molecule has 0 bridgehead atoms. The van der Waals surface area contributed by atoms with E-state index < -0.39 is 0 Å². The monoisotopic (exact) mass is 286 g/mol. The minimum Gasteiger partial charge on any atom is -0.293 e. The van der Waals surface area contributed by atoms with Gasteiger partial charge in [0.2, 0.25) is 0 Å². The number of hydrogen-bond acceptors (Lipinski definition) is 6. The molecule has 3 aromatic rings. The molecule has 8 heteroatoms. The number of rotatable bonds is 3. The predicted octanol–water partition coefficient (Wildman–Crippen LogP) is 2.74. The average Bonchev–Trinajstić information content (AvgIpc) is 3.07. The van der Waals surface area contributed by atoms with E-state index in [0.717, 1.165) is 5.69 Å². The molecule has 2 heterocycles. The van der Waals surface area contributed by atoms with Crippen LogP contribution in [0.2, 0.25) is 0 Å². The molecule has 0 aliphatic heterocycles. The van der Waals surface area contributed by atoms with E-state index in [9.17, 15) is 4.79 Å². The number of para-hydroxylation sites is 1. The molecule has 0 amide bonds. The molecule has 7 nitrogen and oxygen atoms in total. The van der Waals surface area contributed by atoms with Crippen LogP contribution in [0.5, 0.6) is 0 Å². The summed E-state index contributed by atoms with van der Waals surface area (Å²) in [4.78, 5) is 12.3. The number of nitrogens with one attached hydrogen (secondary N) is 1. The molecule has 0 atom stereocenters. The Morgan fingerprint density at radius 1 is 1.25 bits per heavy atom. The summed E-state index contributed by atoms with van der Waals surface area (Å²) in [6.45, 7) is 1.77. The van der Waals surface area contributed by atoms with Gasteiger partial charge in [0.1, 0.15) is 5.51 Å². The van der Waals surface area contributed by atoms with E-state index in [2.05, 4.69) is 25.5 Å². The van der Waals surface area contributed by atoms with Gasteiger partial charge >= 0.3 is 0 Å². The van der Waals surface area contributed by atoms with E-state index in [1.165, 1.54) is 16.0 Å². The summed E-state index contributed by atoms with van der Waals surface area (Å²) in [5.74, 6) is 0. The van der Waals surface area contributed by atoms with Crippen LogP contribution in [-0.4, -0.2) is 20.0 Å².